The number of aromatic nitrogens is 2. The summed E-state index contributed by atoms with van der Waals surface area (Å²) in [4.78, 5) is 44.5. The number of aliphatic carboxylic acids is 1. The highest BCUT2D eigenvalue weighted by atomic mass is 32.1. The van der Waals surface area contributed by atoms with E-state index < -0.39 is 19.9 Å². The number of H-pyrrole nitrogens is 1. The van der Waals surface area contributed by atoms with E-state index in [0.29, 0.717) is 46.5 Å². The minimum atomic E-state index is -2.24. The summed E-state index contributed by atoms with van der Waals surface area (Å²) in [5, 5.41) is 29.1. The lowest BCUT2D eigenvalue weighted by Crippen LogP contribution is -2.44. The molecule has 6 aromatic rings. The lowest BCUT2D eigenvalue weighted by Gasteiger charge is -2.39. The highest BCUT2D eigenvalue weighted by molar-refractivity contribution is 7.12. The van der Waals surface area contributed by atoms with Crippen LogP contribution in [-0.2, 0) is 32.6 Å². The van der Waals surface area contributed by atoms with E-state index in [4.69, 9.17) is 13.6 Å². The van der Waals surface area contributed by atoms with E-state index in [9.17, 15) is 24.6 Å². The van der Waals surface area contributed by atoms with E-state index >= 15 is 0 Å². The minimum Gasteiger partial charge on any atom is -0.506 e. The molecule has 0 radical (unpaired) electrons. The Morgan fingerprint density at radius 1 is 1.02 bits per heavy atom. The Balaban J connectivity index is 0.950. The van der Waals surface area contributed by atoms with Crippen LogP contribution in [0.15, 0.2) is 91.5 Å². The highest BCUT2D eigenvalue weighted by Crippen LogP contribution is 2.43. The zero-order valence-electron chi connectivity index (χ0n) is 35.2. The SMILES string of the molecule is CN(CCCn1c(=O)oc2cc(CNC[C@H](O[Si](C)(C)C(C)(C)C)c3ccc(O)c4[nH]c(=O)ccc34)ccc21)C1CCC(OC(C(=O)O)(c2cccs2)c2cccs2)CC1. The Hall–Kier alpha value is -4.35. The van der Waals surface area contributed by atoms with E-state index in [0.717, 1.165) is 60.7 Å². The largest absolute Gasteiger partial charge is 0.506 e. The average molecular weight is 873 g/mol. The summed E-state index contributed by atoms with van der Waals surface area (Å²) in [7, 11) is -0.126. The summed E-state index contributed by atoms with van der Waals surface area (Å²) in [6, 6.07) is 20.3. The maximum atomic E-state index is 13.1. The number of carbonyl (C=O) groups is 1. The zero-order valence-corrected chi connectivity index (χ0v) is 37.8. The fourth-order valence-corrected chi connectivity index (χ4v) is 11.1. The molecule has 1 aliphatic carbocycles. The number of aryl methyl sites for hydroxylation is 1. The number of hydrogen-bond donors (Lipinski definition) is 4. The molecular weight excluding hydrogens is 817 g/mol. The average Bonchev–Trinajstić information content (AvgIpc) is 4.00. The second-order valence-electron chi connectivity index (χ2n) is 17.4. The Kier molecular flexibility index (Phi) is 13.1. The van der Waals surface area contributed by atoms with E-state index in [-0.39, 0.29) is 34.3 Å². The minimum absolute atomic E-state index is 0.00932. The Bertz CT molecular complexity index is 2480. The monoisotopic (exact) mass is 872 g/mol. The van der Waals surface area contributed by atoms with Gasteiger partial charge in [0.1, 0.15) is 5.75 Å². The summed E-state index contributed by atoms with van der Waals surface area (Å²) in [5.41, 5.74) is 1.73. The quantitative estimate of drug-likeness (QED) is 0.0653. The topological polar surface area (TPSA) is 159 Å². The number of benzene rings is 2. The second-order valence-corrected chi connectivity index (χ2v) is 24.1. The Morgan fingerprint density at radius 3 is 2.35 bits per heavy atom. The van der Waals surface area contributed by atoms with Gasteiger partial charge < -0.3 is 39.0 Å². The van der Waals surface area contributed by atoms with Gasteiger partial charge in [0, 0.05) is 37.1 Å². The first-order valence-electron chi connectivity index (χ1n) is 20.6. The number of hydrogen-bond acceptors (Lipinski definition) is 11. The van der Waals surface area contributed by atoms with Crippen molar-refractivity contribution in [3.05, 3.63) is 119 Å². The number of ether oxygens (including phenoxy) is 1. The molecule has 0 aliphatic heterocycles. The number of carboxylic acid groups (broad SMARTS) is 1. The van der Waals surface area contributed by atoms with Gasteiger partial charge in [0.15, 0.2) is 13.9 Å². The van der Waals surface area contributed by atoms with Crippen molar-refractivity contribution in [1.82, 2.24) is 19.8 Å². The van der Waals surface area contributed by atoms with Gasteiger partial charge in [-0.1, -0.05) is 45.0 Å². The van der Waals surface area contributed by atoms with Gasteiger partial charge in [-0.3, -0.25) is 9.36 Å². The summed E-state index contributed by atoms with van der Waals surface area (Å²) >= 11 is 2.82. The number of phenolic OH excluding ortho intramolecular Hbond substituents is 1. The fourth-order valence-electron chi connectivity index (χ4n) is 8.04. The van der Waals surface area contributed by atoms with Crippen LogP contribution in [0.4, 0.5) is 0 Å². The van der Waals surface area contributed by atoms with E-state index in [1.165, 1.54) is 28.7 Å². The molecule has 1 atom stereocenters. The Morgan fingerprint density at radius 2 is 1.72 bits per heavy atom. The maximum Gasteiger partial charge on any atom is 0.419 e. The number of oxazole rings is 1. The molecule has 12 nitrogen and oxygen atoms in total. The smallest absolute Gasteiger partial charge is 0.419 e. The fraction of sp³-hybridized carbons (Fsp3) is 0.444. The van der Waals surface area contributed by atoms with E-state index in [1.54, 1.807) is 16.7 Å². The van der Waals surface area contributed by atoms with E-state index in [2.05, 4.69) is 56.1 Å². The first-order valence-corrected chi connectivity index (χ1v) is 25.3. The van der Waals surface area contributed by atoms with Crippen molar-refractivity contribution >= 4 is 59.0 Å². The molecule has 4 heterocycles. The molecule has 7 rings (SSSR count). The van der Waals surface area contributed by atoms with Gasteiger partial charge in [0.25, 0.3) is 0 Å². The predicted molar refractivity (Wildman–Crippen MR) is 241 cm³/mol. The van der Waals surface area contributed by atoms with Crippen LogP contribution in [0.25, 0.3) is 22.0 Å². The first kappa shape index (κ1) is 43.7. The Labute approximate surface area is 358 Å². The highest BCUT2D eigenvalue weighted by Gasteiger charge is 2.48. The van der Waals surface area contributed by atoms with Gasteiger partial charge in [-0.2, -0.15) is 0 Å². The molecule has 0 unspecified atom stereocenters. The standard InChI is InChI=1S/C45H56N4O8S2Si/c1-44(2,3)60(5,6)57-37(32-17-20-35(50)41-33(32)18-21-40(51)47-41)28-46-27-29-12-19-34-36(26-29)55-43(54)49(34)23-9-22-48(4)30-13-15-31(16-14-30)56-45(42(52)53,38-10-7-24-58-38)39-11-8-25-59-39/h7-8,10-12,17-21,24-26,30-31,37,46,50H,9,13-16,22-23,27-28H2,1-6H3,(H,47,51)(H,52,53)/t30?,31?,37-/m0/s1. The number of nitrogens with one attached hydrogen (secondary N) is 2. The van der Waals surface area contributed by atoms with Crippen LogP contribution >= 0.6 is 22.7 Å². The summed E-state index contributed by atoms with van der Waals surface area (Å²) in [6.07, 6.45) is 3.57. The normalized spacial score (nSPS) is 17.2. The molecule has 4 N–H and O–H groups in total. The molecule has 0 amide bonds. The number of aromatic amines is 1. The predicted octanol–water partition coefficient (Wildman–Crippen LogP) is 8.80. The molecule has 0 spiro atoms. The molecule has 320 valence electrons. The molecule has 0 saturated heterocycles. The van der Waals surface area contributed by atoms with Gasteiger partial charge in [-0.25, -0.2) is 9.59 Å². The third kappa shape index (κ3) is 9.13. The van der Waals surface area contributed by atoms with Crippen molar-refractivity contribution in [3.8, 4) is 5.75 Å². The molecule has 1 saturated carbocycles. The molecule has 1 fully saturated rings. The van der Waals surface area contributed by atoms with E-state index in [1.807, 2.05) is 59.3 Å². The molecule has 2 aromatic carbocycles. The van der Waals surface area contributed by atoms with Gasteiger partial charge >= 0.3 is 11.7 Å². The van der Waals surface area contributed by atoms with Crippen molar-refractivity contribution in [2.75, 3.05) is 20.1 Å². The van der Waals surface area contributed by atoms with Crippen molar-refractivity contribution in [1.29, 1.82) is 0 Å². The number of carboxylic acids is 1. The molecule has 60 heavy (non-hydrogen) atoms. The van der Waals surface area contributed by atoms with Crippen molar-refractivity contribution in [3.63, 3.8) is 0 Å². The lowest BCUT2D eigenvalue weighted by molar-refractivity contribution is -0.170. The van der Waals surface area contributed by atoms with Gasteiger partial charge in [0.05, 0.1) is 33.0 Å². The number of thiophene rings is 2. The lowest BCUT2D eigenvalue weighted by atomic mass is 9.90. The van der Waals surface area contributed by atoms with Gasteiger partial charge in [-0.15, -0.1) is 22.7 Å². The zero-order chi connectivity index (χ0) is 42.8. The number of phenols is 1. The van der Waals surface area contributed by atoms with Crippen molar-refractivity contribution < 1.29 is 28.6 Å². The van der Waals surface area contributed by atoms with Crippen LogP contribution in [0.2, 0.25) is 18.1 Å². The third-order valence-corrected chi connectivity index (χ3v) is 18.9. The van der Waals surface area contributed by atoms with Crippen molar-refractivity contribution in [2.24, 2.45) is 0 Å². The summed E-state index contributed by atoms with van der Waals surface area (Å²) < 4.78 is 21.0. The van der Waals surface area contributed by atoms with Crippen LogP contribution in [-0.4, -0.2) is 71.2 Å². The van der Waals surface area contributed by atoms with Crippen LogP contribution in [0.1, 0.15) is 79.9 Å². The van der Waals surface area contributed by atoms with Gasteiger partial charge in [-0.05, 0) is 122 Å². The van der Waals surface area contributed by atoms with Crippen LogP contribution in [0.3, 0.4) is 0 Å². The number of nitrogens with zero attached hydrogens (tertiary/aromatic N) is 2. The maximum absolute atomic E-state index is 13.1. The third-order valence-electron chi connectivity index (χ3n) is 12.4. The van der Waals surface area contributed by atoms with Crippen LogP contribution in [0, 0.1) is 0 Å². The number of pyridine rings is 1. The summed E-state index contributed by atoms with van der Waals surface area (Å²) in [5.74, 6) is -1.36. The molecule has 4 aromatic heterocycles. The second kappa shape index (κ2) is 17.9. The van der Waals surface area contributed by atoms with Crippen LogP contribution < -0.4 is 16.6 Å². The number of rotatable bonds is 17. The number of aromatic hydroxyl groups is 1. The molecule has 1 aliphatic rings. The number of fused-ring (bicyclic) bond motifs is 2. The molecule has 0 bridgehead atoms. The van der Waals surface area contributed by atoms with Gasteiger partial charge in [0.2, 0.25) is 11.2 Å². The van der Waals surface area contributed by atoms with Crippen LogP contribution in [0.5, 0.6) is 5.75 Å². The summed E-state index contributed by atoms with van der Waals surface area (Å²) in [6.45, 7) is 13.3. The first-order chi connectivity index (χ1) is 28.6. The molecular formula is C45H56N4O8S2Si. The molecule has 15 heteroatoms. The van der Waals surface area contributed by atoms with Crippen molar-refractivity contribution in [2.45, 2.75) is 108 Å².